The van der Waals surface area contributed by atoms with Gasteiger partial charge in [0.25, 0.3) is 5.91 Å². The SMILES string of the molecule is CCOC(=O)c1ccc(-c2ccc(C=C(C#N)C(=O)NCCCOC)o2)cc1. The number of benzene rings is 1. The van der Waals surface area contributed by atoms with Gasteiger partial charge in [0, 0.05) is 31.9 Å². The standard InChI is InChI=1S/C21H22N2O5/c1-3-27-21(25)16-7-5-15(6-8-16)19-10-9-18(28-19)13-17(14-22)20(24)23-11-4-12-26-2/h5-10,13H,3-4,11-12H2,1-2H3,(H,23,24). The molecule has 0 saturated carbocycles. The number of amides is 1. The topological polar surface area (TPSA) is 102 Å². The van der Waals surface area contributed by atoms with Crippen molar-refractivity contribution in [2.45, 2.75) is 13.3 Å². The van der Waals surface area contributed by atoms with Gasteiger partial charge in [0.1, 0.15) is 23.2 Å². The predicted octanol–water partition coefficient (Wildman–Crippen LogP) is 3.18. The Morgan fingerprint density at radius 3 is 2.61 bits per heavy atom. The van der Waals surface area contributed by atoms with Crippen molar-refractivity contribution < 1.29 is 23.5 Å². The van der Waals surface area contributed by atoms with Gasteiger partial charge < -0.3 is 19.2 Å². The maximum Gasteiger partial charge on any atom is 0.338 e. The summed E-state index contributed by atoms with van der Waals surface area (Å²) in [5, 5.41) is 11.9. The summed E-state index contributed by atoms with van der Waals surface area (Å²) in [5.41, 5.74) is 1.17. The molecule has 1 amide bonds. The maximum atomic E-state index is 12.0. The fourth-order valence-electron chi connectivity index (χ4n) is 2.38. The molecule has 0 aliphatic carbocycles. The van der Waals surface area contributed by atoms with Crippen molar-refractivity contribution in [2.24, 2.45) is 0 Å². The second-order valence-corrected chi connectivity index (χ2v) is 5.77. The van der Waals surface area contributed by atoms with E-state index < -0.39 is 5.91 Å². The van der Waals surface area contributed by atoms with Gasteiger partial charge in [-0.2, -0.15) is 5.26 Å². The minimum atomic E-state index is -0.463. The van der Waals surface area contributed by atoms with Crippen LogP contribution in [0.1, 0.15) is 29.5 Å². The van der Waals surface area contributed by atoms with Gasteiger partial charge in [-0.1, -0.05) is 12.1 Å². The lowest BCUT2D eigenvalue weighted by Crippen LogP contribution is -2.26. The Morgan fingerprint density at radius 2 is 1.96 bits per heavy atom. The number of nitrogens with zero attached hydrogens (tertiary/aromatic N) is 1. The first-order valence-electron chi connectivity index (χ1n) is 8.85. The number of carbonyl (C=O) groups excluding carboxylic acids is 2. The summed E-state index contributed by atoms with van der Waals surface area (Å²) in [5.74, 6) is 0.0927. The molecule has 0 atom stereocenters. The molecule has 2 aromatic rings. The largest absolute Gasteiger partial charge is 0.462 e. The Labute approximate surface area is 163 Å². The molecule has 0 unspecified atom stereocenters. The summed E-state index contributed by atoms with van der Waals surface area (Å²) in [4.78, 5) is 23.7. The van der Waals surface area contributed by atoms with Crippen LogP contribution in [0.5, 0.6) is 0 Å². The van der Waals surface area contributed by atoms with Gasteiger partial charge in [-0.3, -0.25) is 4.79 Å². The minimum Gasteiger partial charge on any atom is -0.462 e. The van der Waals surface area contributed by atoms with Crippen molar-refractivity contribution in [1.82, 2.24) is 5.32 Å². The van der Waals surface area contributed by atoms with Gasteiger partial charge in [0.05, 0.1) is 12.2 Å². The summed E-state index contributed by atoms with van der Waals surface area (Å²) in [6, 6.07) is 12.1. The number of nitriles is 1. The maximum absolute atomic E-state index is 12.0. The quantitative estimate of drug-likeness (QED) is 0.309. The number of rotatable bonds is 9. The molecule has 1 N–H and O–H groups in total. The lowest BCUT2D eigenvalue weighted by atomic mass is 10.1. The van der Waals surface area contributed by atoms with E-state index in [1.165, 1.54) is 6.08 Å². The third kappa shape index (κ3) is 5.83. The van der Waals surface area contributed by atoms with Gasteiger partial charge in [-0.15, -0.1) is 0 Å². The third-order valence-electron chi connectivity index (χ3n) is 3.77. The molecule has 1 heterocycles. The van der Waals surface area contributed by atoms with E-state index in [-0.39, 0.29) is 11.5 Å². The van der Waals surface area contributed by atoms with E-state index in [4.69, 9.17) is 13.9 Å². The molecule has 0 saturated heterocycles. The Hall–Kier alpha value is -3.37. The van der Waals surface area contributed by atoms with Crippen LogP contribution >= 0.6 is 0 Å². The van der Waals surface area contributed by atoms with Crippen LogP contribution in [-0.4, -0.2) is 38.7 Å². The van der Waals surface area contributed by atoms with E-state index in [1.807, 2.05) is 6.07 Å². The molecule has 146 valence electrons. The van der Waals surface area contributed by atoms with E-state index in [0.717, 1.165) is 5.56 Å². The molecule has 0 aliphatic rings. The molecule has 0 fully saturated rings. The second kappa shape index (κ2) is 10.7. The van der Waals surface area contributed by atoms with Crippen molar-refractivity contribution >= 4 is 18.0 Å². The normalized spacial score (nSPS) is 11.0. The van der Waals surface area contributed by atoms with Gasteiger partial charge in [0.15, 0.2) is 0 Å². The fraction of sp³-hybridized carbons (Fsp3) is 0.286. The highest BCUT2D eigenvalue weighted by molar-refractivity contribution is 6.01. The summed E-state index contributed by atoms with van der Waals surface area (Å²) in [6.07, 6.45) is 2.05. The van der Waals surface area contributed by atoms with Crippen LogP contribution in [-0.2, 0) is 14.3 Å². The zero-order valence-corrected chi connectivity index (χ0v) is 15.9. The molecule has 1 aromatic heterocycles. The first-order valence-corrected chi connectivity index (χ1v) is 8.85. The monoisotopic (exact) mass is 382 g/mol. The second-order valence-electron chi connectivity index (χ2n) is 5.77. The van der Waals surface area contributed by atoms with E-state index in [2.05, 4.69) is 5.32 Å². The van der Waals surface area contributed by atoms with E-state index in [0.29, 0.717) is 43.3 Å². The number of hydrogen-bond acceptors (Lipinski definition) is 6. The van der Waals surface area contributed by atoms with Crippen LogP contribution in [0, 0.1) is 11.3 Å². The van der Waals surface area contributed by atoms with Gasteiger partial charge >= 0.3 is 5.97 Å². The summed E-state index contributed by atoms with van der Waals surface area (Å²) in [6.45, 7) is 3.01. The lowest BCUT2D eigenvalue weighted by Gasteiger charge is -2.03. The zero-order valence-electron chi connectivity index (χ0n) is 15.9. The number of esters is 1. The van der Waals surface area contributed by atoms with Crippen molar-refractivity contribution in [3.05, 3.63) is 53.3 Å². The highest BCUT2D eigenvalue weighted by Gasteiger charge is 2.11. The van der Waals surface area contributed by atoms with Crippen LogP contribution in [0.2, 0.25) is 0 Å². The average molecular weight is 382 g/mol. The van der Waals surface area contributed by atoms with Crippen molar-refractivity contribution in [3.8, 4) is 17.4 Å². The van der Waals surface area contributed by atoms with E-state index >= 15 is 0 Å². The van der Waals surface area contributed by atoms with Crippen LogP contribution < -0.4 is 5.32 Å². The van der Waals surface area contributed by atoms with Gasteiger partial charge in [-0.25, -0.2) is 4.79 Å². The molecule has 0 spiro atoms. The minimum absolute atomic E-state index is 0.0454. The first kappa shape index (κ1) is 20.9. The fourth-order valence-corrected chi connectivity index (χ4v) is 2.38. The van der Waals surface area contributed by atoms with Crippen LogP contribution in [0.15, 0.2) is 46.4 Å². The zero-order chi connectivity index (χ0) is 20.4. The molecule has 7 heteroatoms. The molecular formula is C21H22N2O5. The molecule has 28 heavy (non-hydrogen) atoms. The van der Waals surface area contributed by atoms with E-state index in [9.17, 15) is 14.9 Å². The van der Waals surface area contributed by atoms with Gasteiger partial charge in [0.2, 0.25) is 0 Å². The Balaban J connectivity index is 2.07. The van der Waals surface area contributed by atoms with Crippen LogP contribution in [0.25, 0.3) is 17.4 Å². The van der Waals surface area contributed by atoms with Crippen molar-refractivity contribution in [2.75, 3.05) is 26.9 Å². The summed E-state index contributed by atoms with van der Waals surface area (Å²) >= 11 is 0. The molecule has 2 rings (SSSR count). The number of hydrogen-bond donors (Lipinski definition) is 1. The van der Waals surface area contributed by atoms with E-state index in [1.54, 1.807) is 50.4 Å². The predicted molar refractivity (Wildman–Crippen MR) is 103 cm³/mol. The molecule has 7 nitrogen and oxygen atoms in total. The molecule has 0 aliphatic heterocycles. The number of methoxy groups -OCH3 is 1. The third-order valence-corrected chi connectivity index (χ3v) is 3.77. The van der Waals surface area contributed by atoms with Crippen LogP contribution in [0.4, 0.5) is 0 Å². The highest BCUT2D eigenvalue weighted by Crippen LogP contribution is 2.24. The number of ether oxygens (including phenoxy) is 2. The first-order chi connectivity index (χ1) is 13.6. The molecule has 1 aromatic carbocycles. The molecule has 0 radical (unpaired) electrons. The Morgan fingerprint density at radius 1 is 1.21 bits per heavy atom. The van der Waals surface area contributed by atoms with Crippen molar-refractivity contribution in [3.63, 3.8) is 0 Å². The van der Waals surface area contributed by atoms with Gasteiger partial charge in [-0.05, 0) is 37.6 Å². The summed E-state index contributed by atoms with van der Waals surface area (Å²) < 4.78 is 15.6. The Kier molecular flexibility index (Phi) is 8.00. The Bertz CT molecular complexity index is 875. The van der Waals surface area contributed by atoms with Crippen LogP contribution in [0.3, 0.4) is 0 Å². The lowest BCUT2D eigenvalue weighted by molar-refractivity contribution is -0.117. The molecule has 0 bridgehead atoms. The number of nitrogens with one attached hydrogen (secondary N) is 1. The highest BCUT2D eigenvalue weighted by atomic mass is 16.5. The smallest absolute Gasteiger partial charge is 0.338 e. The molecular weight excluding hydrogens is 360 g/mol. The number of furan rings is 1. The summed E-state index contributed by atoms with van der Waals surface area (Å²) in [7, 11) is 1.58. The number of carbonyl (C=O) groups is 2. The van der Waals surface area contributed by atoms with Crippen molar-refractivity contribution in [1.29, 1.82) is 5.26 Å². The average Bonchev–Trinajstić information content (AvgIpc) is 3.18.